The van der Waals surface area contributed by atoms with E-state index in [9.17, 15) is 18.8 Å². The Labute approximate surface area is 150 Å². The fraction of sp³-hybridized carbons (Fsp3) is 0.471. The van der Waals surface area contributed by atoms with Gasteiger partial charge in [0.2, 0.25) is 5.91 Å². The van der Waals surface area contributed by atoms with Crippen LogP contribution < -0.4 is 20.3 Å². The number of anilines is 1. The van der Waals surface area contributed by atoms with Gasteiger partial charge in [-0.25, -0.2) is 9.18 Å². The summed E-state index contributed by atoms with van der Waals surface area (Å²) in [6.45, 7) is 2.13. The fourth-order valence-corrected chi connectivity index (χ4v) is 3.20. The Bertz CT molecular complexity index is 719. The number of carbonyl (C=O) groups excluding carboxylic acids is 3. The molecular formula is C17H21FN4O4. The normalized spacial score (nSPS) is 20.0. The second kappa shape index (κ2) is 7.59. The van der Waals surface area contributed by atoms with E-state index >= 15 is 0 Å². The standard InChI is InChI=1S/C17H21FN4O4/c1-26-14-4-2-11(18)10-13(14)21-6-8-22(9-7-21)15(23)5-3-12-16(24)20-17(25)19-12/h2,4,10,12H,3,5-9H2,1H3,(H2,19,20,24,25). The number of amides is 4. The first kappa shape index (κ1) is 18.0. The molecule has 2 aliphatic heterocycles. The van der Waals surface area contributed by atoms with E-state index in [1.807, 2.05) is 4.90 Å². The highest BCUT2D eigenvalue weighted by Gasteiger charge is 2.30. The zero-order valence-electron chi connectivity index (χ0n) is 14.5. The van der Waals surface area contributed by atoms with Gasteiger partial charge in [-0.05, 0) is 18.6 Å². The molecule has 1 atom stereocenters. The highest BCUT2D eigenvalue weighted by Crippen LogP contribution is 2.29. The number of rotatable bonds is 5. The van der Waals surface area contributed by atoms with E-state index in [2.05, 4.69) is 10.6 Å². The van der Waals surface area contributed by atoms with Crippen molar-refractivity contribution in [2.45, 2.75) is 18.9 Å². The van der Waals surface area contributed by atoms with Crippen LogP contribution in [-0.4, -0.2) is 62.1 Å². The first-order valence-corrected chi connectivity index (χ1v) is 8.45. The minimum atomic E-state index is -0.649. The van der Waals surface area contributed by atoms with Gasteiger partial charge in [0.1, 0.15) is 17.6 Å². The highest BCUT2D eigenvalue weighted by molar-refractivity contribution is 6.04. The summed E-state index contributed by atoms with van der Waals surface area (Å²) in [5, 5.41) is 4.63. The zero-order chi connectivity index (χ0) is 18.7. The van der Waals surface area contributed by atoms with E-state index in [1.165, 1.54) is 19.2 Å². The van der Waals surface area contributed by atoms with Gasteiger partial charge in [-0.1, -0.05) is 0 Å². The summed E-state index contributed by atoms with van der Waals surface area (Å²) in [6.07, 6.45) is 0.454. The zero-order valence-corrected chi connectivity index (χ0v) is 14.5. The predicted molar refractivity (Wildman–Crippen MR) is 91.4 cm³/mol. The number of imide groups is 1. The summed E-state index contributed by atoms with van der Waals surface area (Å²) in [5.74, 6) is -0.207. The Morgan fingerprint density at radius 2 is 2.00 bits per heavy atom. The molecule has 2 N–H and O–H groups in total. The van der Waals surface area contributed by atoms with Crippen LogP contribution in [0.3, 0.4) is 0 Å². The fourth-order valence-electron chi connectivity index (χ4n) is 3.20. The maximum absolute atomic E-state index is 13.5. The molecule has 3 rings (SSSR count). The molecule has 0 bridgehead atoms. The molecular weight excluding hydrogens is 343 g/mol. The highest BCUT2D eigenvalue weighted by atomic mass is 19.1. The minimum absolute atomic E-state index is 0.0650. The summed E-state index contributed by atoms with van der Waals surface area (Å²) in [7, 11) is 1.54. The van der Waals surface area contributed by atoms with Crippen LogP contribution in [0.2, 0.25) is 0 Å². The Hall–Kier alpha value is -2.84. The van der Waals surface area contributed by atoms with Crippen LogP contribution in [0, 0.1) is 5.82 Å². The van der Waals surface area contributed by atoms with Crippen molar-refractivity contribution in [2.75, 3.05) is 38.2 Å². The second-order valence-corrected chi connectivity index (χ2v) is 6.24. The van der Waals surface area contributed by atoms with Crippen LogP contribution in [0.5, 0.6) is 5.75 Å². The molecule has 2 fully saturated rings. The van der Waals surface area contributed by atoms with Crippen molar-refractivity contribution in [1.82, 2.24) is 15.5 Å². The number of urea groups is 1. The predicted octanol–water partition coefficient (Wildman–Crippen LogP) is 0.471. The summed E-state index contributed by atoms with van der Waals surface area (Å²) in [4.78, 5) is 38.6. The molecule has 8 nitrogen and oxygen atoms in total. The molecule has 1 aromatic rings. The minimum Gasteiger partial charge on any atom is -0.495 e. The first-order chi connectivity index (χ1) is 12.5. The number of hydrogen-bond acceptors (Lipinski definition) is 5. The molecule has 140 valence electrons. The average molecular weight is 364 g/mol. The molecule has 2 heterocycles. The second-order valence-electron chi connectivity index (χ2n) is 6.24. The molecule has 4 amide bonds. The van der Waals surface area contributed by atoms with E-state index in [1.54, 1.807) is 11.0 Å². The number of ether oxygens (including phenoxy) is 1. The summed E-state index contributed by atoms with van der Waals surface area (Å²) in [5.41, 5.74) is 0.671. The van der Waals surface area contributed by atoms with E-state index in [-0.39, 0.29) is 24.6 Å². The molecule has 1 unspecified atom stereocenters. The van der Waals surface area contributed by atoms with Crippen molar-refractivity contribution in [3.05, 3.63) is 24.0 Å². The molecule has 9 heteroatoms. The SMILES string of the molecule is COc1ccc(F)cc1N1CCN(C(=O)CCC2NC(=O)NC2=O)CC1. The van der Waals surface area contributed by atoms with E-state index in [0.717, 1.165) is 0 Å². The number of benzene rings is 1. The summed E-state index contributed by atoms with van der Waals surface area (Å²) >= 11 is 0. The van der Waals surface area contributed by atoms with Gasteiger partial charge in [-0.2, -0.15) is 0 Å². The maximum atomic E-state index is 13.5. The average Bonchev–Trinajstić information content (AvgIpc) is 2.97. The number of methoxy groups -OCH3 is 1. The van der Waals surface area contributed by atoms with Gasteiger partial charge < -0.3 is 19.9 Å². The van der Waals surface area contributed by atoms with Crippen molar-refractivity contribution in [3.8, 4) is 5.75 Å². The molecule has 1 aromatic carbocycles. The quantitative estimate of drug-likeness (QED) is 0.742. The number of hydrogen-bond donors (Lipinski definition) is 2. The van der Waals surface area contributed by atoms with Crippen LogP contribution in [0.1, 0.15) is 12.8 Å². The van der Waals surface area contributed by atoms with Crippen LogP contribution in [-0.2, 0) is 9.59 Å². The number of halogens is 1. The third kappa shape index (κ3) is 3.87. The number of nitrogens with one attached hydrogen (secondary N) is 2. The maximum Gasteiger partial charge on any atom is 0.322 e. The monoisotopic (exact) mass is 364 g/mol. The van der Waals surface area contributed by atoms with Gasteiger partial charge >= 0.3 is 6.03 Å². The number of nitrogens with zero attached hydrogens (tertiary/aromatic N) is 2. The van der Waals surface area contributed by atoms with E-state index in [0.29, 0.717) is 37.6 Å². The number of carbonyl (C=O) groups is 3. The molecule has 0 spiro atoms. The lowest BCUT2D eigenvalue weighted by atomic mass is 10.1. The smallest absolute Gasteiger partial charge is 0.322 e. The topological polar surface area (TPSA) is 91.0 Å². The third-order valence-corrected chi connectivity index (χ3v) is 4.62. The Balaban J connectivity index is 1.52. The lowest BCUT2D eigenvalue weighted by molar-refractivity contribution is -0.131. The van der Waals surface area contributed by atoms with Crippen molar-refractivity contribution < 1.29 is 23.5 Å². The first-order valence-electron chi connectivity index (χ1n) is 8.45. The Kier molecular flexibility index (Phi) is 5.24. The Morgan fingerprint density at radius 3 is 2.62 bits per heavy atom. The van der Waals surface area contributed by atoms with Crippen LogP contribution in [0.4, 0.5) is 14.9 Å². The molecule has 0 aromatic heterocycles. The number of piperazine rings is 1. The van der Waals surface area contributed by atoms with Gasteiger partial charge in [0.25, 0.3) is 5.91 Å². The van der Waals surface area contributed by atoms with Gasteiger partial charge in [-0.15, -0.1) is 0 Å². The Morgan fingerprint density at radius 1 is 1.27 bits per heavy atom. The van der Waals surface area contributed by atoms with Crippen LogP contribution >= 0.6 is 0 Å². The van der Waals surface area contributed by atoms with Crippen LogP contribution in [0.15, 0.2) is 18.2 Å². The van der Waals surface area contributed by atoms with E-state index < -0.39 is 18.0 Å². The van der Waals surface area contributed by atoms with Gasteiger partial charge in [0.15, 0.2) is 0 Å². The molecule has 2 aliphatic rings. The van der Waals surface area contributed by atoms with Crippen molar-refractivity contribution in [2.24, 2.45) is 0 Å². The lowest BCUT2D eigenvalue weighted by Crippen LogP contribution is -2.49. The molecule has 26 heavy (non-hydrogen) atoms. The van der Waals surface area contributed by atoms with Gasteiger partial charge in [-0.3, -0.25) is 14.9 Å². The summed E-state index contributed by atoms with van der Waals surface area (Å²) in [6, 6.07) is 3.19. The molecule has 0 saturated carbocycles. The molecule has 2 saturated heterocycles. The summed E-state index contributed by atoms with van der Waals surface area (Å²) < 4.78 is 18.8. The van der Waals surface area contributed by atoms with Crippen molar-refractivity contribution >= 4 is 23.5 Å². The van der Waals surface area contributed by atoms with Crippen LogP contribution in [0.25, 0.3) is 0 Å². The van der Waals surface area contributed by atoms with Gasteiger partial charge in [0, 0.05) is 38.7 Å². The van der Waals surface area contributed by atoms with Crippen molar-refractivity contribution in [3.63, 3.8) is 0 Å². The molecule has 0 aliphatic carbocycles. The van der Waals surface area contributed by atoms with Gasteiger partial charge in [0.05, 0.1) is 12.8 Å². The largest absolute Gasteiger partial charge is 0.495 e. The lowest BCUT2D eigenvalue weighted by Gasteiger charge is -2.36. The van der Waals surface area contributed by atoms with E-state index in [4.69, 9.17) is 4.74 Å². The van der Waals surface area contributed by atoms with Crippen molar-refractivity contribution in [1.29, 1.82) is 0 Å². The molecule has 0 radical (unpaired) electrons. The third-order valence-electron chi connectivity index (χ3n) is 4.62.